The Bertz CT molecular complexity index is 653. The predicted molar refractivity (Wildman–Crippen MR) is 92.6 cm³/mol. The molecule has 0 unspecified atom stereocenters. The van der Waals surface area contributed by atoms with E-state index in [0.717, 1.165) is 11.1 Å². The van der Waals surface area contributed by atoms with Gasteiger partial charge >= 0.3 is 0 Å². The second-order valence-electron chi connectivity index (χ2n) is 5.95. The van der Waals surface area contributed by atoms with E-state index in [0.29, 0.717) is 23.0 Å². The van der Waals surface area contributed by atoms with Gasteiger partial charge < -0.3 is 5.32 Å². The van der Waals surface area contributed by atoms with Crippen molar-refractivity contribution in [2.45, 2.75) is 25.7 Å². The lowest BCUT2D eigenvalue weighted by atomic mass is 9.84. The van der Waals surface area contributed by atoms with E-state index < -0.39 is 0 Å². The van der Waals surface area contributed by atoms with Crippen molar-refractivity contribution in [1.29, 1.82) is 0 Å². The minimum atomic E-state index is -0.222. The van der Waals surface area contributed by atoms with Crippen LogP contribution < -0.4 is 5.32 Å². The van der Waals surface area contributed by atoms with Crippen molar-refractivity contribution in [3.63, 3.8) is 0 Å². The zero-order valence-corrected chi connectivity index (χ0v) is 14.2. The van der Waals surface area contributed by atoms with Gasteiger partial charge in [-0.3, -0.25) is 4.79 Å². The topological polar surface area (TPSA) is 29.1 Å². The third-order valence-corrected chi connectivity index (χ3v) is 4.38. The fourth-order valence-corrected chi connectivity index (χ4v) is 2.48. The quantitative estimate of drug-likeness (QED) is 0.847. The lowest BCUT2D eigenvalue weighted by molar-refractivity contribution is -0.120. The highest BCUT2D eigenvalue weighted by Crippen LogP contribution is 2.29. The van der Waals surface area contributed by atoms with Crippen LogP contribution in [0.3, 0.4) is 0 Å². The van der Waals surface area contributed by atoms with Crippen LogP contribution in [0.5, 0.6) is 0 Å². The Balaban J connectivity index is 1.97. The van der Waals surface area contributed by atoms with Crippen LogP contribution in [0.2, 0.25) is 10.0 Å². The van der Waals surface area contributed by atoms with Gasteiger partial charge in [0.25, 0.3) is 0 Å². The smallest absolute Gasteiger partial charge is 0.224 e. The molecule has 0 heterocycles. The highest BCUT2D eigenvalue weighted by atomic mass is 35.5. The molecule has 0 saturated carbocycles. The van der Waals surface area contributed by atoms with Crippen molar-refractivity contribution >= 4 is 29.1 Å². The fourth-order valence-electron chi connectivity index (χ4n) is 2.18. The maximum Gasteiger partial charge on any atom is 0.224 e. The van der Waals surface area contributed by atoms with E-state index in [2.05, 4.69) is 19.2 Å². The van der Waals surface area contributed by atoms with Gasteiger partial charge in [0.15, 0.2) is 0 Å². The molecule has 0 aromatic heterocycles. The maximum atomic E-state index is 12.1. The van der Waals surface area contributed by atoms with Gasteiger partial charge in [-0.15, -0.1) is 0 Å². The standard InChI is InChI=1S/C18H19Cl2NO/c1-18(2,14-8-9-15(19)16(20)11-14)12-21-17(22)10-13-6-4-3-5-7-13/h3-9,11H,10,12H2,1-2H3,(H,21,22). The summed E-state index contributed by atoms with van der Waals surface area (Å²) in [4.78, 5) is 12.1. The number of hydrogen-bond acceptors (Lipinski definition) is 1. The van der Waals surface area contributed by atoms with Gasteiger partial charge in [0, 0.05) is 12.0 Å². The first-order valence-corrected chi connectivity index (χ1v) is 7.90. The fraction of sp³-hybridized carbons (Fsp3) is 0.278. The number of amides is 1. The molecule has 1 N–H and O–H groups in total. The predicted octanol–water partition coefficient (Wildman–Crippen LogP) is 4.63. The lowest BCUT2D eigenvalue weighted by Gasteiger charge is -2.26. The molecule has 2 aromatic carbocycles. The molecule has 0 saturated heterocycles. The summed E-state index contributed by atoms with van der Waals surface area (Å²) in [6, 6.07) is 15.3. The first-order chi connectivity index (χ1) is 10.4. The number of halogens is 2. The average Bonchev–Trinajstić information content (AvgIpc) is 2.49. The molecule has 0 aliphatic carbocycles. The number of carbonyl (C=O) groups excluding carboxylic acids is 1. The number of benzene rings is 2. The molecule has 2 aromatic rings. The van der Waals surface area contributed by atoms with E-state index in [1.165, 1.54) is 0 Å². The molecule has 0 radical (unpaired) electrons. The summed E-state index contributed by atoms with van der Waals surface area (Å²) in [5.74, 6) is 0.0133. The first-order valence-electron chi connectivity index (χ1n) is 7.15. The van der Waals surface area contributed by atoms with Crippen molar-refractivity contribution in [3.8, 4) is 0 Å². The highest BCUT2D eigenvalue weighted by molar-refractivity contribution is 6.42. The van der Waals surface area contributed by atoms with E-state index in [-0.39, 0.29) is 11.3 Å². The molecule has 0 fully saturated rings. The van der Waals surface area contributed by atoms with E-state index in [4.69, 9.17) is 23.2 Å². The van der Waals surface area contributed by atoms with Crippen LogP contribution in [0.1, 0.15) is 25.0 Å². The Labute approximate surface area is 141 Å². The molecule has 0 aliphatic rings. The van der Waals surface area contributed by atoms with Crippen LogP contribution >= 0.6 is 23.2 Å². The van der Waals surface area contributed by atoms with E-state index in [1.807, 2.05) is 42.5 Å². The normalized spacial score (nSPS) is 11.3. The monoisotopic (exact) mass is 335 g/mol. The van der Waals surface area contributed by atoms with Crippen LogP contribution in [0.4, 0.5) is 0 Å². The summed E-state index contributed by atoms with van der Waals surface area (Å²) in [6.45, 7) is 4.67. The summed E-state index contributed by atoms with van der Waals surface area (Å²) in [5.41, 5.74) is 1.83. The Kier molecular flexibility index (Phi) is 5.49. The molecule has 0 bridgehead atoms. The highest BCUT2D eigenvalue weighted by Gasteiger charge is 2.22. The molecule has 4 heteroatoms. The third kappa shape index (κ3) is 4.49. The molecule has 1 amide bonds. The molecule has 22 heavy (non-hydrogen) atoms. The molecule has 0 spiro atoms. The molecule has 2 nitrogen and oxygen atoms in total. The van der Waals surface area contributed by atoms with Crippen LogP contribution in [-0.2, 0) is 16.6 Å². The van der Waals surface area contributed by atoms with Crippen LogP contribution in [0, 0.1) is 0 Å². The summed E-state index contributed by atoms with van der Waals surface area (Å²) >= 11 is 12.0. The van der Waals surface area contributed by atoms with Crippen molar-refractivity contribution in [2.75, 3.05) is 6.54 Å². The van der Waals surface area contributed by atoms with E-state index in [1.54, 1.807) is 6.07 Å². The molecule has 0 atom stereocenters. The van der Waals surface area contributed by atoms with Crippen molar-refractivity contribution in [3.05, 3.63) is 69.7 Å². The van der Waals surface area contributed by atoms with Crippen LogP contribution in [0.25, 0.3) is 0 Å². The summed E-state index contributed by atoms with van der Waals surface area (Å²) in [5, 5.41) is 4.06. The minimum Gasteiger partial charge on any atom is -0.355 e. The Hall–Kier alpha value is -1.51. The van der Waals surface area contributed by atoms with E-state index in [9.17, 15) is 4.79 Å². The van der Waals surface area contributed by atoms with Crippen molar-refractivity contribution in [1.82, 2.24) is 5.32 Å². The second-order valence-corrected chi connectivity index (χ2v) is 6.77. The van der Waals surface area contributed by atoms with Gasteiger partial charge in [0.2, 0.25) is 5.91 Å². The first kappa shape index (κ1) is 16.9. The van der Waals surface area contributed by atoms with Crippen LogP contribution in [-0.4, -0.2) is 12.5 Å². The SMILES string of the molecule is CC(C)(CNC(=O)Cc1ccccc1)c1ccc(Cl)c(Cl)c1. The van der Waals surface area contributed by atoms with E-state index >= 15 is 0 Å². The summed E-state index contributed by atoms with van der Waals surface area (Å²) in [7, 11) is 0. The number of hydrogen-bond donors (Lipinski definition) is 1. The average molecular weight is 336 g/mol. The zero-order chi connectivity index (χ0) is 16.2. The van der Waals surface area contributed by atoms with Gasteiger partial charge in [-0.1, -0.05) is 73.4 Å². The number of carbonyl (C=O) groups is 1. The molecular formula is C18H19Cl2NO. The van der Waals surface area contributed by atoms with Crippen molar-refractivity contribution in [2.24, 2.45) is 0 Å². The lowest BCUT2D eigenvalue weighted by Crippen LogP contribution is -2.37. The maximum absolute atomic E-state index is 12.1. The third-order valence-electron chi connectivity index (χ3n) is 3.64. The van der Waals surface area contributed by atoms with Gasteiger partial charge in [0.1, 0.15) is 0 Å². The zero-order valence-electron chi connectivity index (χ0n) is 12.7. The summed E-state index contributed by atoms with van der Waals surface area (Å²) in [6.07, 6.45) is 0.387. The molecular weight excluding hydrogens is 317 g/mol. The van der Waals surface area contributed by atoms with Gasteiger partial charge in [-0.05, 0) is 23.3 Å². The Morgan fingerprint density at radius 1 is 1.05 bits per heavy atom. The van der Waals surface area contributed by atoms with Crippen molar-refractivity contribution < 1.29 is 4.79 Å². The molecule has 0 aliphatic heterocycles. The molecule has 116 valence electrons. The second kappa shape index (κ2) is 7.17. The number of nitrogens with one attached hydrogen (secondary N) is 1. The largest absolute Gasteiger partial charge is 0.355 e. The Morgan fingerprint density at radius 3 is 2.36 bits per heavy atom. The Morgan fingerprint density at radius 2 is 1.73 bits per heavy atom. The minimum absolute atomic E-state index is 0.0133. The molecule has 2 rings (SSSR count). The van der Waals surface area contributed by atoms with Gasteiger partial charge in [-0.2, -0.15) is 0 Å². The van der Waals surface area contributed by atoms with Crippen LogP contribution in [0.15, 0.2) is 48.5 Å². The summed E-state index contributed by atoms with van der Waals surface area (Å²) < 4.78 is 0. The van der Waals surface area contributed by atoms with Gasteiger partial charge in [-0.25, -0.2) is 0 Å². The van der Waals surface area contributed by atoms with Gasteiger partial charge in [0.05, 0.1) is 16.5 Å². The number of rotatable bonds is 5.